The van der Waals surface area contributed by atoms with Gasteiger partial charge in [-0.15, -0.1) is 0 Å². The minimum Gasteiger partial charge on any atom is -0.496 e. The molecule has 0 spiro atoms. The summed E-state index contributed by atoms with van der Waals surface area (Å²) >= 11 is 0. The van der Waals surface area contributed by atoms with E-state index in [9.17, 15) is 0 Å². The highest BCUT2D eigenvalue weighted by Gasteiger charge is 2.09. The molecule has 0 amide bonds. The van der Waals surface area contributed by atoms with Gasteiger partial charge in [-0.2, -0.15) is 0 Å². The van der Waals surface area contributed by atoms with Crippen molar-refractivity contribution >= 4 is 10.8 Å². The van der Waals surface area contributed by atoms with Crippen molar-refractivity contribution in [1.29, 1.82) is 0 Å². The molecule has 0 radical (unpaired) electrons. The summed E-state index contributed by atoms with van der Waals surface area (Å²) in [5, 5.41) is 5.87. The van der Waals surface area contributed by atoms with Gasteiger partial charge in [0.05, 0.1) is 7.11 Å². The summed E-state index contributed by atoms with van der Waals surface area (Å²) in [5.74, 6) is 0.997. The maximum Gasteiger partial charge on any atom is 0.122 e. The Balaban J connectivity index is 2.38. The number of hydrogen-bond acceptors (Lipinski definition) is 2. The van der Waals surface area contributed by atoms with Crippen LogP contribution in [0.4, 0.5) is 0 Å². The number of nitrogens with one attached hydrogen (secondary N) is 1. The Morgan fingerprint density at radius 3 is 2.67 bits per heavy atom. The maximum absolute atomic E-state index is 5.50. The zero-order valence-corrected chi connectivity index (χ0v) is 11.4. The standard InChI is InChI=1S/C16H21NO/c1-12(17-2)8-10-15-14-7-5-4-6-13(14)9-11-16(15)18-3/h4-7,9,11-12,17H,8,10H2,1-3H3. The van der Waals surface area contributed by atoms with Gasteiger partial charge in [-0.25, -0.2) is 0 Å². The van der Waals surface area contributed by atoms with Crippen molar-refractivity contribution in [3.05, 3.63) is 42.0 Å². The van der Waals surface area contributed by atoms with E-state index in [1.54, 1.807) is 7.11 Å². The summed E-state index contributed by atoms with van der Waals surface area (Å²) in [7, 11) is 3.75. The SMILES string of the molecule is CNC(C)CCc1c(OC)ccc2ccccc12. The number of rotatable bonds is 5. The molecule has 0 aliphatic heterocycles. The van der Waals surface area contributed by atoms with Crippen molar-refractivity contribution in [2.75, 3.05) is 14.2 Å². The molecule has 0 heterocycles. The van der Waals surface area contributed by atoms with Crippen molar-refractivity contribution in [2.45, 2.75) is 25.8 Å². The van der Waals surface area contributed by atoms with Crippen LogP contribution >= 0.6 is 0 Å². The molecule has 1 unspecified atom stereocenters. The molecule has 1 atom stereocenters. The number of fused-ring (bicyclic) bond motifs is 1. The first-order valence-electron chi connectivity index (χ1n) is 6.48. The third kappa shape index (κ3) is 2.65. The highest BCUT2D eigenvalue weighted by Crippen LogP contribution is 2.29. The van der Waals surface area contributed by atoms with Crippen LogP contribution in [0.25, 0.3) is 10.8 Å². The number of methoxy groups -OCH3 is 1. The molecule has 0 aliphatic rings. The van der Waals surface area contributed by atoms with E-state index in [1.807, 2.05) is 7.05 Å². The van der Waals surface area contributed by atoms with E-state index in [2.05, 4.69) is 48.6 Å². The van der Waals surface area contributed by atoms with Gasteiger partial charge >= 0.3 is 0 Å². The molecule has 2 nitrogen and oxygen atoms in total. The first kappa shape index (κ1) is 12.9. The molecule has 2 heteroatoms. The summed E-state index contributed by atoms with van der Waals surface area (Å²) in [5.41, 5.74) is 1.32. The molecule has 0 bridgehead atoms. The number of ether oxygens (including phenoxy) is 1. The topological polar surface area (TPSA) is 21.3 Å². The summed E-state index contributed by atoms with van der Waals surface area (Å²) in [6.45, 7) is 2.21. The molecule has 2 rings (SSSR count). The van der Waals surface area contributed by atoms with Crippen LogP contribution in [0.2, 0.25) is 0 Å². The second-order valence-corrected chi connectivity index (χ2v) is 4.70. The molecule has 0 saturated heterocycles. The highest BCUT2D eigenvalue weighted by atomic mass is 16.5. The molecule has 1 N–H and O–H groups in total. The van der Waals surface area contributed by atoms with E-state index in [-0.39, 0.29) is 0 Å². The minimum atomic E-state index is 0.522. The molecule has 0 fully saturated rings. The molecular formula is C16H21NO. The Hall–Kier alpha value is -1.54. The molecule has 2 aromatic carbocycles. The third-order valence-electron chi connectivity index (χ3n) is 3.54. The number of hydrogen-bond donors (Lipinski definition) is 1. The molecule has 0 aromatic heterocycles. The second-order valence-electron chi connectivity index (χ2n) is 4.70. The largest absolute Gasteiger partial charge is 0.496 e. The summed E-state index contributed by atoms with van der Waals surface area (Å²) < 4.78 is 5.50. The monoisotopic (exact) mass is 243 g/mol. The van der Waals surface area contributed by atoms with Crippen LogP contribution in [0.1, 0.15) is 18.9 Å². The zero-order chi connectivity index (χ0) is 13.0. The third-order valence-corrected chi connectivity index (χ3v) is 3.54. The van der Waals surface area contributed by atoms with Gasteiger partial charge < -0.3 is 10.1 Å². The Bertz CT molecular complexity index is 521. The van der Waals surface area contributed by atoms with Crippen LogP contribution in [0, 0.1) is 0 Å². The lowest BCUT2D eigenvalue weighted by molar-refractivity contribution is 0.408. The van der Waals surface area contributed by atoms with Gasteiger partial charge in [-0.3, -0.25) is 0 Å². The minimum absolute atomic E-state index is 0.522. The Morgan fingerprint density at radius 2 is 1.94 bits per heavy atom. The van der Waals surface area contributed by atoms with Crippen molar-refractivity contribution < 1.29 is 4.74 Å². The van der Waals surface area contributed by atoms with Crippen LogP contribution in [0.5, 0.6) is 5.75 Å². The first-order chi connectivity index (χ1) is 8.76. The maximum atomic E-state index is 5.50. The number of aryl methyl sites for hydroxylation is 1. The van der Waals surface area contributed by atoms with Gasteiger partial charge in [0.1, 0.15) is 5.75 Å². The lowest BCUT2D eigenvalue weighted by Gasteiger charge is -2.14. The average molecular weight is 243 g/mol. The first-order valence-corrected chi connectivity index (χ1v) is 6.48. The molecule has 0 aliphatic carbocycles. The Kier molecular flexibility index (Phi) is 4.21. The van der Waals surface area contributed by atoms with Gasteiger partial charge in [-0.1, -0.05) is 30.3 Å². The zero-order valence-electron chi connectivity index (χ0n) is 11.4. The fourth-order valence-corrected chi connectivity index (χ4v) is 2.27. The summed E-state index contributed by atoms with van der Waals surface area (Å²) in [4.78, 5) is 0. The van der Waals surface area contributed by atoms with E-state index in [4.69, 9.17) is 4.74 Å². The molecule has 2 aromatic rings. The summed E-state index contributed by atoms with van der Waals surface area (Å²) in [6.07, 6.45) is 2.15. The van der Waals surface area contributed by atoms with Crippen molar-refractivity contribution in [1.82, 2.24) is 5.32 Å². The predicted molar refractivity (Wildman–Crippen MR) is 77.3 cm³/mol. The van der Waals surface area contributed by atoms with Crippen molar-refractivity contribution in [3.63, 3.8) is 0 Å². The van der Waals surface area contributed by atoms with Crippen LogP contribution in [-0.4, -0.2) is 20.2 Å². The van der Waals surface area contributed by atoms with Crippen LogP contribution in [-0.2, 0) is 6.42 Å². The van der Waals surface area contributed by atoms with Crippen LogP contribution < -0.4 is 10.1 Å². The molecule has 18 heavy (non-hydrogen) atoms. The van der Waals surface area contributed by atoms with E-state index in [0.717, 1.165) is 18.6 Å². The van der Waals surface area contributed by atoms with Crippen LogP contribution in [0.3, 0.4) is 0 Å². The van der Waals surface area contributed by atoms with Gasteiger partial charge in [0.2, 0.25) is 0 Å². The van der Waals surface area contributed by atoms with E-state index in [0.29, 0.717) is 6.04 Å². The number of benzene rings is 2. The predicted octanol–water partition coefficient (Wildman–Crippen LogP) is 3.39. The summed E-state index contributed by atoms with van der Waals surface area (Å²) in [6, 6.07) is 13.2. The lowest BCUT2D eigenvalue weighted by Crippen LogP contribution is -2.21. The van der Waals surface area contributed by atoms with Gasteiger partial charge in [0.25, 0.3) is 0 Å². The van der Waals surface area contributed by atoms with Gasteiger partial charge in [0.15, 0.2) is 0 Å². The normalized spacial score (nSPS) is 12.6. The van der Waals surface area contributed by atoms with Gasteiger partial charge in [0, 0.05) is 11.6 Å². The average Bonchev–Trinajstić information content (AvgIpc) is 2.44. The van der Waals surface area contributed by atoms with Gasteiger partial charge in [-0.05, 0) is 43.7 Å². The molecular weight excluding hydrogens is 222 g/mol. The Labute approximate surface area is 109 Å². The molecule has 96 valence electrons. The quantitative estimate of drug-likeness (QED) is 0.869. The van der Waals surface area contributed by atoms with E-state index >= 15 is 0 Å². The smallest absolute Gasteiger partial charge is 0.122 e. The van der Waals surface area contributed by atoms with Crippen molar-refractivity contribution in [3.8, 4) is 5.75 Å². The Morgan fingerprint density at radius 1 is 1.17 bits per heavy atom. The second kappa shape index (κ2) is 5.87. The fraction of sp³-hybridized carbons (Fsp3) is 0.375. The highest BCUT2D eigenvalue weighted by molar-refractivity contribution is 5.87. The fourth-order valence-electron chi connectivity index (χ4n) is 2.27. The van der Waals surface area contributed by atoms with E-state index in [1.165, 1.54) is 16.3 Å². The van der Waals surface area contributed by atoms with Crippen LogP contribution in [0.15, 0.2) is 36.4 Å². The van der Waals surface area contributed by atoms with Crippen molar-refractivity contribution in [2.24, 2.45) is 0 Å². The van der Waals surface area contributed by atoms with E-state index < -0.39 is 0 Å². The molecule has 0 saturated carbocycles. The lowest BCUT2D eigenvalue weighted by atomic mass is 9.98.